The van der Waals surface area contributed by atoms with Gasteiger partial charge < -0.3 is 45.3 Å². The Morgan fingerprint density at radius 3 is 2.10 bits per heavy atom. The standard InChI is InChI=1S/C47H73N7O9/c1-12-31(4)43(38(61-10)26-40(56)54-24-16-19-37(54)44(62-11)33(6)45(58)50-32(5)25-34-17-14-13-15-18-34)52(8)41(57)28-49-46(59)42(30(2)3)53(9)47(60)63-29-35-20-22-36(23-21-35)51-39(55)27-48-7/h13-15,17-18,20-23,30-33,37-38,42-44,48H,12,16,19,24-29H2,1-11H3,(H,49,59)(H,50,58)(H,51,55)/t31?,32-,33-,37?,38?,42?,43?,44?/m1/s1. The molecule has 0 radical (unpaired) electrons. The van der Waals surface area contributed by atoms with Crippen LogP contribution in [0.15, 0.2) is 54.6 Å². The summed E-state index contributed by atoms with van der Waals surface area (Å²) in [6, 6.07) is 15.0. The SMILES string of the molecule is CCC(C)C(C(CC(=O)N1CCCC1C(OC)[C@@H](C)C(=O)N[C@H](C)Cc1ccccc1)OC)N(C)C(=O)CNC(=O)C(C(C)C)N(C)C(=O)OCc1ccc(NC(=O)CNC)cc1. The zero-order chi connectivity index (χ0) is 46.8. The van der Waals surface area contributed by atoms with Gasteiger partial charge in [0.1, 0.15) is 12.6 Å². The zero-order valence-electron chi connectivity index (χ0n) is 39.3. The third-order valence-electron chi connectivity index (χ3n) is 12.0. The maximum atomic E-state index is 14.2. The van der Waals surface area contributed by atoms with Gasteiger partial charge in [0.25, 0.3) is 0 Å². The average molecular weight is 880 g/mol. The molecule has 16 heteroatoms. The lowest BCUT2D eigenvalue weighted by Gasteiger charge is -2.39. The first-order valence-electron chi connectivity index (χ1n) is 22.1. The summed E-state index contributed by atoms with van der Waals surface area (Å²) < 4.78 is 17.4. The Morgan fingerprint density at radius 1 is 0.841 bits per heavy atom. The smallest absolute Gasteiger partial charge is 0.410 e. The Morgan fingerprint density at radius 2 is 1.51 bits per heavy atom. The summed E-state index contributed by atoms with van der Waals surface area (Å²) in [4.78, 5) is 84.6. The summed E-state index contributed by atoms with van der Waals surface area (Å²) >= 11 is 0. The summed E-state index contributed by atoms with van der Waals surface area (Å²) in [5, 5.41) is 11.4. The van der Waals surface area contributed by atoms with E-state index in [2.05, 4.69) is 21.3 Å². The fourth-order valence-corrected chi connectivity index (χ4v) is 8.45. The number of carbonyl (C=O) groups excluding carboxylic acids is 6. The molecule has 0 aromatic heterocycles. The van der Waals surface area contributed by atoms with Gasteiger partial charge in [0, 0.05) is 46.6 Å². The molecule has 2 aromatic carbocycles. The number of anilines is 1. The second-order valence-corrected chi connectivity index (χ2v) is 17.1. The van der Waals surface area contributed by atoms with Crippen molar-refractivity contribution in [2.75, 3.05) is 60.3 Å². The molecule has 0 bridgehead atoms. The lowest BCUT2D eigenvalue weighted by Crippen LogP contribution is -2.56. The first-order chi connectivity index (χ1) is 30.0. The van der Waals surface area contributed by atoms with Gasteiger partial charge in [-0.3, -0.25) is 28.9 Å². The molecule has 6 unspecified atom stereocenters. The van der Waals surface area contributed by atoms with Gasteiger partial charge in [-0.05, 0) is 68.3 Å². The van der Waals surface area contributed by atoms with Crippen molar-refractivity contribution in [1.82, 2.24) is 30.7 Å². The van der Waals surface area contributed by atoms with Crippen molar-refractivity contribution in [3.8, 4) is 0 Å². The Hall–Kier alpha value is -5.06. The van der Waals surface area contributed by atoms with Crippen molar-refractivity contribution in [1.29, 1.82) is 0 Å². The van der Waals surface area contributed by atoms with Crippen molar-refractivity contribution in [2.24, 2.45) is 17.8 Å². The maximum Gasteiger partial charge on any atom is 0.410 e. The maximum absolute atomic E-state index is 14.2. The van der Waals surface area contributed by atoms with Gasteiger partial charge in [0.15, 0.2) is 0 Å². The average Bonchev–Trinajstić information content (AvgIpc) is 3.75. The number of hydrogen-bond acceptors (Lipinski definition) is 10. The minimum absolute atomic E-state index is 0.00316. The van der Waals surface area contributed by atoms with Crippen molar-refractivity contribution in [2.45, 2.75) is 117 Å². The molecular weight excluding hydrogens is 807 g/mol. The van der Waals surface area contributed by atoms with Gasteiger partial charge in [-0.1, -0.05) is 83.5 Å². The third-order valence-corrected chi connectivity index (χ3v) is 12.0. The van der Waals surface area contributed by atoms with Crippen molar-refractivity contribution in [3.63, 3.8) is 0 Å². The quantitative estimate of drug-likeness (QED) is 0.119. The van der Waals surface area contributed by atoms with Crippen LogP contribution in [-0.4, -0.2) is 142 Å². The molecule has 16 nitrogen and oxygen atoms in total. The first kappa shape index (κ1) is 52.3. The Balaban J connectivity index is 1.62. The van der Waals surface area contributed by atoms with E-state index in [4.69, 9.17) is 14.2 Å². The van der Waals surface area contributed by atoms with Gasteiger partial charge >= 0.3 is 6.09 Å². The molecule has 2 aromatic rings. The molecule has 0 spiro atoms. The van der Waals surface area contributed by atoms with E-state index in [-0.39, 0.29) is 73.7 Å². The summed E-state index contributed by atoms with van der Waals surface area (Å²) in [7, 11) is 7.90. The highest BCUT2D eigenvalue weighted by Gasteiger charge is 2.42. The lowest BCUT2D eigenvalue weighted by atomic mass is 9.90. The number of rotatable bonds is 24. The molecule has 4 N–H and O–H groups in total. The van der Waals surface area contributed by atoms with E-state index in [1.165, 1.54) is 24.0 Å². The number of amides is 6. The summed E-state index contributed by atoms with van der Waals surface area (Å²) in [6.45, 7) is 11.7. The van der Waals surface area contributed by atoms with Crippen LogP contribution in [0.25, 0.3) is 0 Å². The van der Waals surface area contributed by atoms with E-state index in [1.807, 2.05) is 58.0 Å². The predicted octanol–water partition coefficient (Wildman–Crippen LogP) is 4.22. The number of carbonyl (C=O) groups is 6. The van der Waals surface area contributed by atoms with Gasteiger partial charge in [0.05, 0.1) is 49.7 Å². The molecule has 8 atom stereocenters. The van der Waals surface area contributed by atoms with Crippen LogP contribution >= 0.6 is 0 Å². The number of likely N-dealkylation sites (tertiary alicyclic amines) is 1. The number of likely N-dealkylation sites (N-methyl/N-ethyl adjacent to an activating group) is 3. The van der Waals surface area contributed by atoms with E-state index >= 15 is 0 Å². The summed E-state index contributed by atoms with van der Waals surface area (Å²) in [5.74, 6) is -2.30. The first-order valence-corrected chi connectivity index (χ1v) is 22.1. The second-order valence-electron chi connectivity index (χ2n) is 17.1. The van der Waals surface area contributed by atoms with Crippen molar-refractivity contribution < 1.29 is 43.0 Å². The molecule has 0 saturated carbocycles. The molecule has 1 heterocycles. The van der Waals surface area contributed by atoms with E-state index in [9.17, 15) is 28.8 Å². The molecule has 63 heavy (non-hydrogen) atoms. The molecule has 1 fully saturated rings. The zero-order valence-corrected chi connectivity index (χ0v) is 39.3. The third kappa shape index (κ3) is 15.3. The largest absolute Gasteiger partial charge is 0.445 e. The van der Waals surface area contributed by atoms with Crippen LogP contribution in [0, 0.1) is 17.8 Å². The van der Waals surface area contributed by atoms with Crippen LogP contribution in [0.4, 0.5) is 10.5 Å². The molecule has 350 valence electrons. The van der Waals surface area contributed by atoms with E-state index in [1.54, 1.807) is 64.2 Å². The minimum Gasteiger partial charge on any atom is -0.445 e. The van der Waals surface area contributed by atoms with Gasteiger partial charge in [0.2, 0.25) is 29.5 Å². The van der Waals surface area contributed by atoms with Gasteiger partial charge in [-0.25, -0.2) is 4.79 Å². The van der Waals surface area contributed by atoms with Crippen molar-refractivity contribution >= 4 is 41.3 Å². The number of methoxy groups -OCH3 is 2. The monoisotopic (exact) mass is 880 g/mol. The van der Waals surface area contributed by atoms with Crippen LogP contribution in [0.2, 0.25) is 0 Å². The second kappa shape index (κ2) is 25.9. The van der Waals surface area contributed by atoms with Gasteiger partial charge in [-0.15, -0.1) is 0 Å². The van der Waals surface area contributed by atoms with Crippen LogP contribution in [0.5, 0.6) is 0 Å². The molecule has 3 rings (SSSR count). The van der Waals surface area contributed by atoms with Crippen LogP contribution in [0.1, 0.15) is 78.4 Å². The highest BCUT2D eigenvalue weighted by molar-refractivity contribution is 5.92. The summed E-state index contributed by atoms with van der Waals surface area (Å²) in [6.07, 6.45) is 0.907. The van der Waals surface area contributed by atoms with Gasteiger partial charge in [-0.2, -0.15) is 0 Å². The van der Waals surface area contributed by atoms with E-state index in [0.29, 0.717) is 37.1 Å². The highest BCUT2D eigenvalue weighted by Crippen LogP contribution is 2.29. The fraction of sp³-hybridized carbons (Fsp3) is 0.617. The van der Waals surface area contributed by atoms with Crippen LogP contribution in [0.3, 0.4) is 0 Å². The predicted molar refractivity (Wildman–Crippen MR) is 242 cm³/mol. The number of hydrogen-bond donors (Lipinski definition) is 4. The number of nitrogens with zero attached hydrogens (tertiary/aromatic N) is 3. The molecule has 0 aliphatic carbocycles. The Bertz CT molecular complexity index is 1780. The molecule has 1 saturated heterocycles. The van der Waals surface area contributed by atoms with E-state index < -0.39 is 42.2 Å². The highest BCUT2D eigenvalue weighted by atomic mass is 16.6. The Labute approximate surface area is 374 Å². The Kier molecular flexibility index (Phi) is 21.5. The molecular formula is C47H73N7O9. The fourth-order valence-electron chi connectivity index (χ4n) is 8.45. The van der Waals surface area contributed by atoms with Crippen molar-refractivity contribution in [3.05, 3.63) is 65.7 Å². The van der Waals surface area contributed by atoms with Crippen LogP contribution < -0.4 is 21.3 Å². The lowest BCUT2D eigenvalue weighted by molar-refractivity contribution is -0.146. The van der Waals surface area contributed by atoms with Crippen LogP contribution in [-0.2, 0) is 51.2 Å². The minimum atomic E-state index is -0.939. The topological polar surface area (TPSA) is 188 Å². The molecule has 6 amide bonds. The molecule has 1 aliphatic rings. The normalized spacial score (nSPS) is 17.1. The number of benzene rings is 2. The number of ether oxygens (including phenoxy) is 3. The number of nitrogens with one attached hydrogen (secondary N) is 4. The summed E-state index contributed by atoms with van der Waals surface area (Å²) in [5.41, 5.74) is 2.42. The molecule has 1 aliphatic heterocycles. The van der Waals surface area contributed by atoms with E-state index in [0.717, 1.165) is 12.0 Å².